The summed E-state index contributed by atoms with van der Waals surface area (Å²) in [6, 6.07) is 39.3. The molecule has 0 spiro atoms. The molecule has 0 heterocycles. The number of aromatic carboxylic acids is 6. The topological polar surface area (TPSA) is 269 Å². The number of benzene rings is 6. The van der Waals surface area contributed by atoms with E-state index in [0.717, 1.165) is 33.4 Å². The Balaban J connectivity index is -0.000000218. The molecule has 320 valence electrons. The molecule has 6 rings (SSSR count). The molecule has 6 aromatic carbocycles. The van der Waals surface area contributed by atoms with E-state index >= 15 is 0 Å². The first kappa shape index (κ1) is 68.6. The summed E-state index contributed by atoms with van der Waals surface area (Å²) in [5.74, 6) is -6.75. The zero-order valence-electron chi connectivity index (χ0n) is 37.0. The molecule has 0 saturated carbocycles. The van der Waals surface area contributed by atoms with Crippen LogP contribution in [-0.4, -0.2) is 35.8 Å². The van der Waals surface area contributed by atoms with E-state index < -0.39 is 35.8 Å². The van der Waals surface area contributed by atoms with E-state index in [1.165, 1.54) is 72.8 Å². The second-order valence-corrected chi connectivity index (χ2v) is 12.9. The van der Waals surface area contributed by atoms with Gasteiger partial charge in [0.1, 0.15) is 0 Å². The maximum atomic E-state index is 10.2. The van der Waals surface area contributed by atoms with Gasteiger partial charge >= 0.3 is 77.9 Å². The van der Waals surface area contributed by atoms with Gasteiger partial charge in [0.15, 0.2) is 0 Å². The van der Waals surface area contributed by atoms with E-state index in [0.29, 0.717) is 0 Å². The molecule has 0 unspecified atom stereocenters. The first-order valence-corrected chi connectivity index (χ1v) is 17.9. The third kappa shape index (κ3) is 30.4. The number of rotatable bonds is 6. The van der Waals surface area contributed by atoms with E-state index in [9.17, 15) is 59.4 Å². The molecule has 0 aliphatic rings. The van der Waals surface area contributed by atoms with Gasteiger partial charge in [-0.1, -0.05) is 179 Å². The summed E-state index contributed by atoms with van der Waals surface area (Å²) in [5, 5.41) is 61.2. The molecule has 0 amide bonds. The molecule has 0 bridgehead atoms. The molecule has 0 radical (unpaired) electrons. The van der Waals surface area contributed by atoms with Crippen molar-refractivity contribution in [2.24, 2.45) is 0 Å². The van der Waals surface area contributed by atoms with Gasteiger partial charge in [-0.25, -0.2) is 0 Å². The number of hydrogen-bond acceptors (Lipinski definition) is 12. The van der Waals surface area contributed by atoms with Crippen molar-refractivity contribution in [2.75, 3.05) is 0 Å². The Bertz CT molecular complexity index is 1870. The Hall–Kier alpha value is -5.41. The molecule has 6 aromatic rings. The molecule has 0 fully saturated rings. The maximum Gasteiger partial charge on any atom is 2.00 e. The number of carbonyl (C=O) groups is 6. The molecule has 0 aromatic heterocycles. The summed E-state index contributed by atoms with van der Waals surface area (Å²) in [6.07, 6.45) is 0. The van der Waals surface area contributed by atoms with Crippen molar-refractivity contribution in [1.82, 2.24) is 0 Å². The van der Waals surface area contributed by atoms with Crippen LogP contribution in [0.5, 0.6) is 0 Å². The number of hydrogen-bond donors (Lipinski definition) is 0. The van der Waals surface area contributed by atoms with Gasteiger partial charge in [-0.3, -0.25) is 0 Å². The van der Waals surface area contributed by atoms with Gasteiger partial charge in [0.05, 0.1) is 35.8 Å². The van der Waals surface area contributed by atoms with E-state index in [1.54, 1.807) is 72.8 Å². The Morgan fingerprint density at radius 2 is 0.308 bits per heavy atom. The summed E-state index contributed by atoms with van der Waals surface area (Å²) < 4.78 is 0. The molecule has 0 atom stereocenters. The summed E-state index contributed by atoms with van der Waals surface area (Å²) in [7, 11) is 0. The third-order valence-corrected chi connectivity index (χ3v) is 7.72. The van der Waals surface area contributed by atoms with Gasteiger partial charge in [-0.05, 0) is 74.9 Å². The van der Waals surface area contributed by atoms with Crippen LogP contribution < -0.4 is 30.6 Å². The fourth-order valence-electron chi connectivity index (χ4n) is 4.14. The second-order valence-electron chi connectivity index (χ2n) is 12.9. The molecule has 13 nitrogen and oxygen atoms in total. The normalized spacial score (nSPS) is 8.58. The molecule has 65 heavy (non-hydrogen) atoms. The van der Waals surface area contributed by atoms with Crippen LogP contribution in [0.1, 0.15) is 95.5 Å². The van der Waals surface area contributed by atoms with Crippen LogP contribution in [0.4, 0.5) is 0 Å². The molecule has 0 aliphatic carbocycles. The Labute approximate surface area is 429 Å². The maximum absolute atomic E-state index is 10.2. The average Bonchev–Trinajstić information content (AvgIpc) is 3.20. The number of carboxylic acids is 6. The van der Waals surface area contributed by atoms with Crippen molar-refractivity contribution in [3.63, 3.8) is 0 Å². The molecule has 17 heteroatoms. The Morgan fingerprint density at radius 1 is 0.231 bits per heavy atom. The van der Waals surface area contributed by atoms with Gasteiger partial charge in [0.2, 0.25) is 0 Å². The van der Waals surface area contributed by atoms with Gasteiger partial charge in [0, 0.05) is 0 Å². The fraction of sp³-hybridized carbons (Fsp3) is 0.125. The summed E-state index contributed by atoms with van der Waals surface area (Å²) in [6.45, 7) is 11.4. The fourth-order valence-corrected chi connectivity index (χ4v) is 4.14. The van der Waals surface area contributed by atoms with E-state index in [4.69, 9.17) is 0 Å². The Kier molecular flexibility index (Phi) is 38.9. The molecule has 0 aliphatic heterocycles. The molecule has 0 N–H and O–H groups in total. The van der Waals surface area contributed by atoms with Crippen molar-refractivity contribution >= 4 is 35.8 Å². The van der Waals surface area contributed by atoms with Crippen LogP contribution >= 0.6 is 0 Å². The van der Waals surface area contributed by atoms with Crippen LogP contribution in [0.15, 0.2) is 146 Å². The largest absolute Gasteiger partial charge is 2.00 e. The summed E-state index contributed by atoms with van der Waals surface area (Å²) in [4.78, 5) is 61.2. The van der Waals surface area contributed by atoms with Crippen molar-refractivity contribution in [3.05, 3.63) is 212 Å². The number of carbonyl (C=O) groups excluding carboxylic acids is 6. The van der Waals surface area contributed by atoms with Crippen LogP contribution in [0.3, 0.4) is 0 Å². The standard InChI is InChI=1S/6C8H8O2.O.4Zn/c6*1-6-2-4-7(5-3-6)8(9)10;;;;;/h6*2-5H,1H3,(H,9,10);;;;;/q;;;;;;-2;4*+2/p-6. The van der Waals surface area contributed by atoms with Crippen molar-refractivity contribution in [3.8, 4) is 0 Å². The minimum Gasteiger partial charge on any atom is -2.00 e. The minimum atomic E-state index is -1.12. The Morgan fingerprint density at radius 3 is 0.369 bits per heavy atom. The molecular weight excluding hydrogens is 1050 g/mol. The summed E-state index contributed by atoms with van der Waals surface area (Å²) >= 11 is 0. The van der Waals surface area contributed by atoms with Crippen LogP contribution in [0, 0.1) is 41.5 Å². The van der Waals surface area contributed by atoms with Crippen LogP contribution in [-0.2, 0) is 83.4 Å². The zero-order valence-corrected chi connectivity index (χ0v) is 48.9. The second kappa shape index (κ2) is 36.9. The van der Waals surface area contributed by atoms with Crippen molar-refractivity contribution in [1.29, 1.82) is 0 Å². The number of carboxylic acid groups (broad SMARTS) is 6. The molecule has 0 saturated heterocycles. The summed E-state index contributed by atoms with van der Waals surface area (Å²) in [5.41, 5.74) is 7.64. The zero-order chi connectivity index (χ0) is 45.4. The average molecular weight is 1090 g/mol. The predicted octanol–water partition coefficient (Wildman–Crippen LogP) is 2.02. The quantitative estimate of drug-likeness (QED) is 0.217. The van der Waals surface area contributed by atoms with Crippen LogP contribution in [0.2, 0.25) is 0 Å². The van der Waals surface area contributed by atoms with Gasteiger partial charge in [0.25, 0.3) is 0 Å². The minimum absolute atomic E-state index is 0. The van der Waals surface area contributed by atoms with Crippen molar-refractivity contribution < 1.29 is 143 Å². The molecular formula is C48H42O13Zn4. The third-order valence-electron chi connectivity index (χ3n) is 7.72. The monoisotopic (exact) mass is 1080 g/mol. The van der Waals surface area contributed by atoms with Gasteiger partial charge < -0.3 is 64.9 Å². The van der Waals surface area contributed by atoms with E-state index in [1.807, 2.05) is 41.5 Å². The van der Waals surface area contributed by atoms with Gasteiger partial charge in [-0.15, -0.1) is 0 Å². The predicted molar refractivity (Wildman–Crippen MR) is 214 cm³/mol. The van der Waals surface area contributed by atoms with E-state index in [2.05, 4.69) is 0 Å². The first-order chi connectivity index (χ1) is 28.2. The van der Waals surface area contributed by atoms with Gasteiger partial charge in [-0.2, -0.15) is 0 Å². The van der Waals surface area contributed by atoms with E-state index in [-0.39, 0.29) is 117 Å². The SMILES string of the molecule is Cc1ccc(C(=O)[O-])cc1.Cc1ccc(C(=O)[O-])cc1.Cc1ccc(C(=O)[O-])cc1.Cc1ccc(C(=O)[O-])cc1.Cc1ccc(C(=O)[O-])cc1.Cc1ccc(C(=O)[O-])cc1.[O-2].[Zn+2].[Zn+2].[Zn+2].[Zn+2]. The number of aryl methyl sites for hydroxylation is 6. The van der Waals surface area contributed by atoms with Crippen molar-refractivity contribution in [2.45, 2.75) is 41.5 Å². The first-order valence-electron chi connectivity index (χ1n) is 17.9. The smallest absolute Gasteiger partial charge is 2.00 e. The van der Waals surface area contributed by atoms with Crippen LogP contribution in [0.25, 0.3) is 0 Å².